The van der Waals surface area contributed by atoms with Gasteiger partial charge in [0.25, 0.3) is 0 Å². The van der Waals surface area contributed by atoms with Gasteiger partial charge in [0, 0.05) is 12.1 Å². The highest BCUT2D eigenvalue weighted by molar-refractivity contribution is 5.96. The number of ether oxygens (including phenoxy) is 1. The van der Waals surface area contributed by atoms with Crippen molar-refractivity contribution in [2.45, 2.75) is 32.4 Å². The van der Waals surface area contributed by atoms with Crippen molar-refractivity contribution >= 4 is 23.7 Å². The number of carbonyl (C=O) groups is 3. The van der Waals surface area contributed by atoms with Crippen LogP contribution in [0.3, 0.4) is 0 Å². The summed E-state index contributed by atoms with van der Waals surface area (Å²) in [6.45, 7) is 3.44. The van der Waals surface area contributed by atoms with Crippen LogP contribution in [0.1, 0.15) is 30.9 Å². The third-order valence-electron chi connectivity index (χ3n) is 5.76. The summed E-state index contributed by atoms with van der Waals surface area (Å²) in [6, 6.07) is 15.3. The zero-order chi connectivity index (χ0) is 24.2. The zero-order valence-electron chi connectivity index (χ0n) is 18.9. The Kier molecular flexibility index (Phi) is 6.62. The van der Waals surface area contributed by atoms with E-state index < -0.39 is 24.0 Å². The SMILES string of the molecule is CC(C)[C@@H](NC(=O)OCC1c2ccccc2-c2ccccc21)C(=O)Nc1cnn(CC(=O)O)c1. The predicted octanol–water partition coefficient (Wildman–Crippen LogP) is 3.47. The predicted molar refractivity (Wildman–Crippen MR) is 125 cm³/mol. The van der Waals surface area contributed by atoms with Gasteiger partial charge in [0.15, 0.2) is 0 Å². The number of nitrogens with one attached hydrogen (secondary N) is 2. The van der Waals surface area contributed by atoms with E-state index in [0.29, 0.717) is 5.69 Å². The third-order valence-corrected chi connectivity index (χ3v) is 5.76. The van der Waals surface area contributed by atoms with E-state index in [4.69, 9.17) is 9.84 Å². The maximum absolute atomic E-state index is 12.8. The quantitative estimate of drug-likeness (QED) is 0.471. The molecule has 0 saturated carbocycles. The number of hydrogen-bond donors (Lipinski definition) is 3. The molecule has 176 valence electrons. The van der Waals surface area contributed by atoms with Gasteiger partial charge in [0.05, 0.1) is 11.9 Å². The van der Waals surface area contributed by atoms with Crippen molar-refractivity contribution in [3.05, 3.63) is 72.1 Å². The molecule has 4 rings (SSSR count). The Morgan fingerprint density at radius 3 is 2.26 bits per heavy atom. The van der Waals surface area contributed by atoms with Crippen molar-refractivity contribution in [3.63, 3.8) is 0 Å². The minimum absolute atomic E-state index is 0.0791. The van der Waals surface area contributed by atoms with Crippen LogP contribution < -0.4 is 10.6 Å². The number of carbonyl (C=O) groups excluding carboxylic acids is 2. The lowest BCUT2D eigenvalue weighted by atomic mass is 9.98. The third kappa shape index (κ3) is 4.93. The van der Waals surface area contributed by atoms with E-state index in [1.54, 1.807) is 0 Å². The van der Waals surface area contributed by atoms with Crippen molar-refractivity contribution in [2.24, 2.45) is 5.92 Å². The number of nitrogens with zero attached hydrogens (tertiary/aromatic N) is 2. The topological polar surface area (TPSA) is 123 Å². The Labute approximate surface area is 196 Å². The van der Waals surface area contributed by atoms with E-state index in [-0.39, 0.29) is 25.0 Å². The number of benzene rings is 2. The van der Waals surface area contributed by atoms with E-state index in [1.165, 1.54) is 17.1 Å². The molecule has 0 fully saturated rings. The lowest BCUT2D eigenvalue weighted by Crippen LogP contribution is -2.47. The summed E-state index contributed by atoms with van der Waals surface area (Å²) in [5.74, 6) is -1.78. The van der Waals surface area contributed by atoms with Gasteiger partial charge in [-0.3, -0.25) is 14.3 Å². The fourth-order valence-corrected chi connectivity index (χ4v) is 4.18. The Hall–Kier alpha value is -4.14. The van der Waals surface area contributed by atoms with Crippen LogP contribution in [0.5, 0.6) is 0 Å². The van der Waals surface area contributed by atoms with Crippen LogP contribution in [-0.4, -0.2) is 45.5 Å². The van der Waals surface area contributed by atoms with Crippen LogP contribution >= 0.6 is 0 Å². The molecule has 3 N–H and O–H groups in total. The molecule has 1 aliphatic carbocycles. The molecule has 1 aliphatic rings. The molecule has 9 nitrogen and oxygen atoms in total. The highest BCUT2D eigenvalue weighted by Gasteiger charge is 2.30. The number of hydrogen-bond acceptors (Lipinski definition) is 5. The van der Waals surface area contributed by atoms with Gasteiger partial charge in [0.2, 0.25) is 5.91 Å². The first-order chi connectivity index (χ1) is 16.3. The summed E-state index contributed by atoms with van der Waals surface area (Å²) in [5.41, 5.74) is 4.82. The fraction of sp³-hybridized carbons (Fsp3) is 0.280. The molecule has 3 aromatic rings. The molecule has 1 heterocycles. The number of alkyl carbamates (subject to hydrolysis) is 1. The van der Waals surface area contributed by atoms with Crippen molar-refractivity contribution in [3.8, 4) is 11.1 Å². The normalized spacial score (nSPS) is 13.1. The first-order valence-electron chi connectivity index (χ1n) is 11.0. The van der Waals surface area contributed by atoms with Crippen LogP contribution in [0.25, 0.3) is 11.1 Å². The number of anilines is 1. The number of carboxylic acids is 1. The molecule has 0 radical (unpaired) electrons. The summed E-state index contributed by atoms with van der Waals surface area (Å²) in [4.78, 5) is 36.2. The Morgan fingerprint density at radius 2 is 1.68 bits per heavy atom. The van der Waals surface area contributed by atoms with Gasteiger partial charge in [-0.2, -0.15) is 5.10 Å². The monoisotopic (exact) mass is 462 g/mol. The van der Waals surface area contributed by atoms with E-state index in [0.717, 1.165) is 22.3 Å². The van der Waals surface area contributed by atoms with Crippen LogP contribution in [0.15, 0.2) is 60.9 Å². The molecule has 2 aromatic carbocycles. The molecule has 2 amide bonds. The summed E-state index contributed by atoms with van der Waals surface area (Å²) in [5, 5.41) is 18.1. The minimum Gasteiger partial charge on any atom is -0.480 e. The van der Waals surface area contributed by atoms with Gasteiger partial charge in [-0.15, -0.1) is 0 Å². The molecular weight excluding hydrogens is 436 g/mol. The van der Waals surface area contributed by atoms with Gasteiger partial charge in [-0.05, 0) is 28.2 Å². The molecule has 0 aliphatic heterocycles. The number of fused-ring (bicyclic) bond motifs is 3. The van der Waals surface area contributed by atoms with E-state index in [9.17, 15) is 14.4 Å². The largest absolute Gasteiger partial charge is 0.480 e. The number of aromatic nitrogens is 2. The fourth-order valence-electron chi connectivity index (χ4n) is 4.18. The maximum Gasteiger partial charge on any atom is 0.407 e. The molecule has 0 bridgehead atoms. The van der Waals surface area contributed by atoms with Gasteiger partial charge in [0.1, 0.15) is 19.2 Å². The van der Waals surface area contributed by atoms with Crippen LogP contribution in [0.2, 0.25) is 0 Å². The molecule has 1 atom stereocenters. The first-order valence-corrected chi connectivity index (χ1v) is 11.0. The van der Waals surface area contributed by atoms with Crippen LogP contribution in [0.4, 0.5) is 10.5 Å². The summed E-state index contributed by atoms with van der Waals surface area (Å²) < 4.78 is 6.75. The van der Waals surface area contributed by atoms with Crippen molar-refractivity contribution in [1.29, 1.82) is 0 Å². The molecule has 0 saturated heterocycles. The number of rotatable bonds is 8. The average Bonchev–Trinajstić information content (AvgIpc) is 3.37. The van der Waals surface area contributed by atoms with Crippen LogP contribution in [0, 0.1) is 5.92 Å². The van der Waals surface area contributed by atoms with Gasteiger partial charge < -0.3 is 20.5 Å². The maximum atomic E-state index is 12.8. The van der Waals surface area contributed by atoms with Gasteiger partial charge in [-0.25, -0.2) is 4.79 Å². The number of aliphatic carboxylic acids is 1. The highest BCUT2D eigenvalue weighted by Crippen LogP contribution is 2.44. The molecule has 1 aromatic heterocycles. The second-order valence-corrected chi connectivity index (χ2v) is 8.50. The van der Waals surface area contributed by atoms with Crippen LogP contribution in [-0.2, 0) is 20.9 Å². The van der Waals surface area contributed by atoms with E-state index >= 15 is 0 Å². The molecule has 9 heteroatoms. The van der Waals surface area contributed by atoms with Gasteiger partial charge in [-0.1, -0.05) is 62.4 Å². The smallest absolute Gasteiger partial charge is 0.407 e. The Bertz CT molecular complexity index is 1170. The van der Waals surface area contributed by atoms with E-state index in [1.807, 2.05) is 50.2 Å². The minimum atomic E-state index is -1.04. The zero-order valence-corrected chi connectivity index (χ0v) is 18.9. The van der Waals surface area contributed by atoms with E-state index in [2.05, 4.69) is 27.9 Å². The van der Waals surface area contributed by atoms with Gasteiger partial charge >= 0.3 is 12.1 Å². The Balaban J connectivity index is 1.39. The lowest BCUT2D eigenvalue weighted by Gasteiger charge is -2.22. The van der Waals surface area contributed by atoms with Crippen molar-refractivity contribution < 1.29 is 24.2 Å². The lowest BCUT2D eigenvalue weighted by molar-refractivity contribution is -0.137. The summed E-state index contributed by atoms with van der Waals surface area (Å²) in [7, 11) is 0. The molecular formula is C25H26N4O5. The first kappa shape index (κ1) is 23.0. The Morgan fingerprint density at radius 1 is 1.06 bits per heavy atom. The highest BCUT2D eigenvalue weighted by atomic mass is 16.5. The summed E-state index contributed by atoms with van der Waals surface area (Å²) >= 11 is 0. The molecule has 34 heavy (non-hydrogen) atoms. The second kappa shape index (κ2) is 9.78. The second-order valence-electron chi connectivity index (χ2n) is 8.50. The number of amides is 2. The van der Waals surface area contributed by atoms with Crippen molar-refractivity contribution in [2.75, 3.05) is 11.9 Å². The number of carboxylic acid groups (broad SMARTS) is 1. The van der Waals surface area contributed by atoms with Crippen molar-refractivity contribution in [1.82, 2.24) is 15.1 Å². The average molecular weight is 463 g/mol. The summed E-state index contributed by atoms with van der Waals surface area (Å²) in [6.07, 6.45) is 2.08. The standard InChI is InChI=1S/C25H26N4O5/c1-15(2)23(24(32)27-16-11-26-29(12-16)13-22(30)31)28-25(33)34-14-21-19-9-5-3-7-17(19)18-8-4-6-10-20(18)21/h3-12,15,21,23H,13-14H2,1-2H3,(H,27,32)(H,28,33)(H,30,31)/t23-/m1/s1. The molecule has 0 spiro atoms. The molecule has 0 unspecified atom stereocenters.